The van der Waals surface area contributed by atoms with Crippen molar-refractivity contribution < 1.29 is 14.4 Å². The fourth-order valence-electron chi connectivity index (χ4n) is 6.71. The molecule has 5 rings (SSSR count). The molecule has 2 heterocycles. The molecule has 0 bridgehead atoms. The highest BCUT2D eigenvalue weighted by Gasteiger charge is 2.45. The van der Waals surface area contributed by atoms with Gasteiger partial charge in [-0.3, -0.25) is 14.4 Å². The summed E-state index contributed by atoms with van der Waals surface area (Å²) in [5, 5.41) is 34.0. The van der Waals surface area contributed by atoms with Crippen molar-refractivity contribution in [1.82, 2.24) is 41.5 Å². The second kappa shape index (κ2) is 13.3. The van der Waals surface area contributed by atoms with Crippen molar-refractivity contribution >= 4 is 17.7 Å². The highest BCUT2D eigenvalue weighted by atomic mass is 16.2. The summed E-state index contributed by atoms with van der Waals surface area (Å²) < 4.78 is 0. The topological polar surface area (TPSA) is 169 Å². The van der Waals surface area contributed by atoms with E-state index in [1.807, 2.05) is 43.3 Å². The van der Waals surface area contributed by atoms with Gasteiger partial charge in [-0.25, -0.2) is 5.10 Å². The minimum atomic E-state index is -0.884. The van der Waals surface area contributed by atoms with Gasteiger partial charge in [0.15, 0.2) is 5.82 Å². The van der Waals surface area contributed by atoms with E-state index in [-0.39, 0.29) is 36.3 Å². The van der Waals surface area contributed by atoms with E-state index in [9.17, 15) is 19.6 Å². The van der Waals surface area contributed by atoms with Gasteiger partial charge in [-0.15, -0.1) is 5.10 Å². The number of nitriles is 1. The summed E-state index contributed by atoms with van der Waals surface area (Å²) in [5.41, 5.74) is 4.14. The maximum Gasteiger partial charge on any atom is 0.251 e. The van der Waals surface area contributed by atoms with E-state index in [4.69, 9.17) is 0 Å². The predicted molar refractivity (Wildman–Crippen MR) is 163 cm³/mol. The van der Waals surface area contributed by atoms with Gasteiger partial charge in [0.1, 0.15) is 6.04 Å². The first-order valence-corrected chi connectivity index (χ1v) is 15.3. The number of aryl methyl sites for hydroxylation is 2. The van der Waals surface area contributed by atoms with E-state index in [1.165, 1.54) is 0 Å². The molecule has 3 amide bonds. The number of H-pyrrole nitrogens is 1. The Balaban J connectivity index is 1.61. The third-order valence-corrected chi connectivity index (χ3v) is 8.94. The number of benzene rings is 2. The summed E-state index contributed by atoms with van der Waals surface area (Å²) in [5.74, 6) is 0.127. The lowest BCUT2D eigenvalue weighted by Crippen LogP contribution is -2.46. The van der Waals surface area contributed by atoms with Gasteiger partial charge in [0.25, 0.3) is 11.8 Å². The van der Waals surface area contributed by atoms with Crippen LogP contribution in [0.25, 0.3) is 0 Å². The summed E-state index contributed by atoms with van der Waals surface area (Å²) in [7, 11) is 1.61. The molecular weight excluding hydrogens is 558 g/mol. The summed E-state index contributed by atoms with van der Waals surface area (Å²) in [4.78, 5) is 40.3. The van der Waals surface area contributed by atoms with Crippen molar-refractivity contribution in [2.24, 2.45) is 0 Å². The number of aromatic amines is 1. The Bertz CT molecular complexity index is 1570. The van der Waals surface area contributed by atoms with Crippen LogP contribution in [0.5, 0.6) is 0 Å². The lowest BCUT2D eigenvalue weighted by molar-refractivity contribution is -0.130. The molecule has 0 radical (unpaired) electrons. The van der Waals surface area contributed by atoms with Crippen molar-refractivity contribution in [3.05, 3.63) is 75.6 Å². The number of hydrogen-bond donors (Lipinski definition) is 4. The van der Waals surface area contributed by atoms with Crippen LogP contribution in [0.1, 0.15) is 88.3 Å². The monoisotopic (exact) mass is 597 g/mol. The molecule has 1 aromatic heterocycles. The minimum absolute atomic E-state index is 0.0913. The van der Waals surface area contributed by atoms with Crippen LogP contribution in [-0.2, 0) is 23.1 Å². The first-order chi connectivity index (χ1) is 21.4. The standard InChI is InChI=1S/C32H39N9O3/c1-4-24(36-19-28(42)41-14-6-7-25(41)18-33)17-32(31-37-39-40-38-31)26-12-10-22(29(43)34-3)15-20(26)8-9-21-16-23(11-13-27(21)32)30(44)35-5-2/h10-13,15-16,24-25,36H,4-9,14,17,19H2,1-3H3,(H,34,43)(H,35,44)(H,37,38,39,40)/t24-,25-,32?/m0/s1. The maximum absolute atomic E-state index is 13.2. The molecule has 1 aliphatic heterocycles. The quantitative estimate of drug-likeness (QED) is 0.275. The zero-order valence-electron chi connectivity index (χ0n) is 25.4. The van der Waals surface area contributed by atoms with Crippen molar-refractivity contribution in [2.45, 2.75) is 69.9 Å². The number of hydrogen-bond acceptors (Lipinski definition) is 8. The maximum atomic E-state index is 13.2. The average molecular weight is 598 g/mol. The lowest BCUT2D eigenvalue weighted by atomic mass is 9.67. The highest BCUT2D eigenvalue weighted by molar-refractivity contribution is 5.95. The van der Waals surface area contributed by atoms with Crippen molar-refractivity contribution in [3.8, 4) is 6.07 Å². The molecule has 4 N–H and O–H groups in total. The molecule has 1 saturated heterocycles. The summed E-state index contributed by atoms with van der Waals surface area (Å²) in [6.07, 6.45) is 4.01. The number of nitrogens with zero attached hydrogens (tertiary/aromatic N) is 5. The molecule has 1 unspecified atom stereocenters. The number of carbonyl (C=O) groups excluding carboxylic acids is 3. The number of tetrazole rings is 1. The van der Waals surface area contributed by atoms with Crippen LogP contribution in [0.15, 0.2) is 36.4 Å². The first-order valence-electron chi connectivity index (χ1n) is 15.3. The number of amides is 3. The number of nitrogens with one attached hydrogen (secondary N) is 4. The molecule has 44 heavy (non-hydrogen) atoms. The van der Waals surface area contributed by atoms with E-state index in [0.29, 0.717) is 62.1 Å². The Kier molecular flexibility index (Phi) is 9.35. The molecule has 2 aromatic carbocycles. The summed E-state index contributed by atoms with van der Waals surface area (Å²) in [6, 6.07) is 13.2. The average Bonchev–Trinajstić information content (AvgIpc) is 3.75. The largest absolute Gasteiger partial charge is 0.355 e. The summed E-state index contributed by atoms with van der Waals surface area (Å²) >= 11 is 0. The van der Waals surface area contributed by atoms with Gasteiger partial charge < -0.3 is 20.9 Å². The molecule has 1 aliphatic carbocycles. The van der Waals surface area contributed by atoms with Crippen LogP contribution in [0, 0.1) is 11.3 Å². The van der Waals surface area contributed by atoms with Gasteiger partial charge in [-0.1, -0.05) is 19.1 Å². The van der Waals surface area contributed by atoms with Crippen molar-refractivity contribution in [2.75, 3.05) is 26.7 Å². The predicted octanol–water partition coefficient (Wildman–Crippen LogP) is 2.01. The number of likely N-dealkylation sites (tertiary alicyclic amines) is 1. The van der Waals surface area contributed by atoms with Gasteiger partial charge >= 0.3 is 0 Å². The normalized spacial score (nSPS) is 19.7. The van der Waals surface area contributed by atoms with Crippen molar-refractivity contribution in [1.29, 1.82) is 5.26 Å². The fourth-order valence-corrected chi connectivity index (χ4v) is 6.71. The van der Waals surface area contributed by atoms with Gasteiger partial charge in [0, 0.05) is 37.3 Å². The SMILES string of the molecule is CCNC(=O)c1ccc2c(c1)CCc1cc(C(=O)NC)ccc1C2(C[C@H](CC)NCC(=O)N1CCC[C@H]1C#N)c1nnn[nH]1. The third kappa shape index (κ3) is 5.79. The number of aromatic nitrogens is 4. The third-order valence-electron chi connectivity index (χ3n) is 8.94. The second-order valence-electron chi connectivity index (χ2n) is 11.4. The molecule has 1 fully saturated rings. The van der Waals surface area contributed by atoms with Crippen LogP contribution < -0.4 is 16.0 Å². The van der Waals surface area contributed by atoms with Gasteiger partial charge in [-0.05, 0) is 102 Å². The molecule has 2 aliphatic rings. The van der Waals surface area contributed by atoms with Crippen molar-refractivity contribution in [3.63, 3.8) is 0 Å². The van der Waals surface area contributed by atoms with Crippen LogP contribution in [0.4, 0.5) is 0 Å². The zero-order valence-corrected chi connectivity index (χ0v) is 25.4. The number of fused-ring (bicyclic) bond motifs is 2. The van der Waals surface area contributed by atoms with Gasteiger partial charge in [0.2, 0.25) is 5.91 Å². The van der Waals surface area contributed by atoms with E-state index >= 15 is 0 Å². The molecule has 0 saturated carbocycles. The van der Waals surface area contributed by atoms with E-state index in [2.05, 4.69) is 49.6 Å². The lowest BCUT2D eigenvalue weighted by Gasteiger charge is -2.37. The first kappa shape index (κ1) is 30.8. The zero-order chi connectivity index (χ0) is 31.3. The Labute approximate surface area is 257 Å². The molecule has 0 spiro atoms. The molecule has 230 valence electrons. The highest BCUT2D eigenvalue weighted by Crippen LogP contribution is 2.47. The Morgan fingerprint density at radius 1 is 1.09 bits per heavy atom. The Morgan fingerprint density at radius 2 is 1.77 bits per heavy atom. The minimum Gasteiger partial charge on any atom is -0.355 e. The van der Waals surface area contributed by atoms with Gasteiger partial charge in [-0.2, -0.15) is 5.26 Å². The number of carbonyl (C=O) groups is 3. The second-order valence-corrected chi connectivity index (χ2v) is 11.4. The Hall–Kier alpha value is -4.63. The molecule has 12 heteroatoms. The van der Waals surface area contributed by atoms with E-state index in [1.54, 1.807) is 11.9 Å². The van der Waals surface area contributed by atoms with E-state index < -0.39 is 5.41 Å². The van der Waals surface area contributed by atoms with E-state index in [0.717, 1.165) is 28.7 Å². The molecule has 12 nitrogen and oxygen atoms in total. The van der Waals surface area contributed by atoms with Gasteiger partial charge in [0.05, 0.1) is 18.0 Å². The molecular formula is C32H39N9O3. The Morgan fingerprint density at radius 3 is 2.34 bits per heavy atom. The smallest absolute Gasteiger partial charge is 0.251 e. The fraction of sp³-hybridized carbons (Fsp3) is 0.469. The van der Waals surface area contributed by atoms with Crippen LogP contribution in [-0.4, -0.2) is 82.0 Å². The van der Waals surface area contributed by atoms with Crippen LogP contribution in [0.3, 0.4) is 0 Å². The number of rotatable bonds is 10. The summed E-state index contributed by atoms with van der Waals surface area (Å²) in [6.45, 7) is 5.16. The molecule has 3 aromatic rings. The molecule has 3 atom stereocenters. The van der Waals surface area contributed by atoms with Crippen LogP contribution in [0.2, 0.25) is 0 Å². The van der Waals surface area contributed by atoms with Crippen LogP contribution >= 0.6 is 0 Å².